The minimum atomic E-state index is -0.349. The Balaban J connectivity index is 1.32. The molecular weight excluding hydrogens is 402 g/mol. The smallest absolute Gasteiger partial charge is 0.220 e. The second kappa shape index (κ2) is 8.23. The summed E-state index contributed by atoms with van der Waals surface area (Å²) >= 11 is 0. The standard InChI is InChI=1S/C27H45NO4/c1-15(4-9-24(32)28-17-5-6-17)19-7-8-20-25-21(14-23(31)27(19,20)3)26(2)11-10-18(29)12-16(26)13-22(25)30/h15-23,25,29-31H,4-14H2,1-3H3,(H,28,32)/t15-,16+,18-,19-,20+,21+,22-,23+,25+,26+,27-/m1/s1. The molecular formula is C27H45NO4. The van der Waals surface area contributed by atoms with E-state index in [4.69, 9.17) is 0 Å². The maximum Gasteiger partial charge on any atom is 0.220 e. The van der Waals surface area contributed by atoms with Gasteiger partial charge in [0.1, 0.15) is 0 Å². The summed E-state index contributed by atoms with van der Waals surface area (Å²) in [5.41, 5.74) is -0.0536. The van der Waals surface area contributed by atoms with Crippen molar-refractivity contribution in [3.63, 3.8) is 0 Å². The average Bonchev–Trinajstić information content (AvgIpc) is 3.47. The molecule has 0 aromatic carbocycles. The van der Waals surface area contributed by atoms with Gasteiger partial charge in [-0.15, -0.1) is 0 Å². The zero-order chi connectivity index (χ0) is 22.8. The SMILES string of the molecule is C[C@H](CCC(=O)NC1CC1)[C@H]1CC[C@H]2[C@@H]3[C@H](O)C[C@@H]4C[C@H](O)CC[C@]4(C)[C@H]3C[C@H](O)[C@]12C. The normalized spacial score (nSPS) is 51.3. The molecule has 0 bridgehead atoms. The Morgan fingerprint density at radius 1 is 1.00 bits per heavy atom. The lowest BCUT2D eigenvalue weighted by molar-refractivity contribution is -0.207. The molecule has 0 aromatic rings. The van der Waals surface area contributed by atoms with E-state index in [9.17, 15) is 20.1 Å². The van der Waals surface area contributed by atoms with Crippen LogP contribution in [0.1, 0.15) is 91.4 Å². The Kier molecular flexibility index (Phi) is 5.95. The van der Waals surface area contributed by atoms with Crippen molar-refractivity contribution in [1.29, 1.82) is 0 Å². The molecule has 5 nitrogen and oxygen atoms in total. The molecule has 5 fully saturated rings. The third-order valence-electron chi connectivity index (χ3n) is 11.3. The van der Waals surface area contributed by atoms with Crippen LogP contribution in [-0.4, -0.2) is 45.6 Å². The summed E-state index contributed by atoms with van der Waals surface area (Å²) in [6.45, 7) is 6.96. The highest BCUT2D eigenvalue weighted by molar-refractivity contribution is 5.76. The van der Waals surface area contributed by atoms with Crippen molar-refractivity contribution < 1.29 is 20.1 Å². The van der Waals surface area contributed by atoms with E-state index in [0.29, 0.717) is 42.1 Å². The fraction of sp³-hybridized carbons (Fsp3) is 0.963. The number of aliphatic hydroxyl groups is 3. The van der Waals surface area contributed by atoms with Gasteiger partial charge in [-0.3, -0.25) is 4.79 Å². The van der Waals surface area contributed by atoms with Crippen LogP contribution >= 0.6 is 0 Å². The molecule has 0 aliphatic heterocycles. The minimum absolute atomic E-state index is 0.121. The Hall–Kier alpha value is -0.650. The number of rotatable bonds is 5. The molecule has 5 aliphatic rings. The monoisotopic (exact) mass is 447 g/mol. The number of carbonyl (C=O) groups excluding carboxylic acids is 1. The van der Waals surface area contributed by atoms with E-state index in [1.165, 1.54) is 0 Å². The molecule has 5 rings (SSSR count). The predicted molar refractivity (Wildman–Crippen MR) is 124 cm³/mol. The first-order chi connectivity index (χ1) is 15.1. The lowest BCUT2D eigenvalue weighted by Gasteiger charge is -2.63. The number of carbonyl (C=O) groups is 1. The number of aliphatic hydroxyl groups excluding tert-OH is 3. The largest absolute Gasteiger partial charge is 0.393 e. The number of fused-ring (bicyclic) bond motifs is 5. The average molecular weight is 448 g/mol. The van der Waals surface area contributed by atoms with Gasteiger partial charge in [0, 0.05) is 12.5 Å². The molecule has 182 valence electrons. The van der Waals surface area contributed by atoms with Crippen molar-refractivity contribution in [2.45, 2.75) is 116 Å². The van der Waals surface area contributed by atoms with Gasteiger partial charge in [0.05, 0.1) is 18.3 Å². The second-order valence-electron chi connectivity index (χ2n) is 12.9. The van der Waals surface area contributed by atoms with Crippen LogP contribution in [0.4, 0.5) is 0 Å². The molecule has 0 saturated heterocycles. The van der Waals surface area contributed by atoms with Crippen LogP contribution in [0, 0.1) is 46.3 Å². The number of nitrogens with one attached hydrogen (secondary N) is 1. The zero-order valence-electron chi connectivity index (χ0n) is 20.3. The molecule has 11 atom stereocenters. The van der Waals surface area contributed by atoms with Gasteiger partial charge in [-0.1, -0.05) is 20.8 Å². The molecule has 0 aromatic heterocycles. The van der Waals surface area contributed by atoms with Crippen molar-refractivity contribution >= 4 is 5.91 Å². The third kappa shape index (κ3) is 3.65. The zero-order valence-corrected chi connectivity index (χ0v) is 20.3. The highest BCUT2D eigenvalue weighted by atomic mass is 16.3. The lowest BCUT2D eigenvalue weighted by Crippen LogP contribution is -2.62. The maximum atomic E-state index is 12.3. The highest BCUT2D eigenvalue weighted by Gasteiger charge is 2.65. The minimum Gasteiger partial charge on any atom is -0.393 e. The van der Waals surface area contributed by atoms with E-state index in [2.05, 4.69) is 26.1 Å². The summed E-state index contributed by atoms with van der Waals surface area (Å²) in [6.07, 6.45) is 9.25. The quantitative estimate of drug-likeness (QED) is 0.518. The number of hydrogen-bond acceptors (Lipinski definition) is 4. The van der Waals surface area contributed by atoms with Crippen LogP contribution in [0.2, 0.25) is 0 Å². The Bertz CT molecular complexity index is 724. The summed E-state index contributed by atoms with van der Waals surface area (Å²) < 4.78 is 0. The van der Waals surface area contributed by atoms with Crippen molar-refractivity contribution in [3.05, 3.63) is 0 Å². The summed E-state index contributed by atoms with van der Waals surface area (Å²) in [4.78, 5) is 12.3. The first-order valence-electron chi connectivity index (χ1n) is 13.5. The number of amides is 1. The molecule has 0 radical (unpaired) electrons. The van der Waals surface area contributed by atoms with Crippen molar-refractivity contribution in [2.24, 2.45) is 46.3 Å². The third-order valence-corrected chi connectivity index (χ3v) is 11.3. The summed E-state index contributed by atoms with van der Waals surface area (Å²) in [5, 5.41) is 36.4. The second-order valence-corrected chi connectivity index (χ2v) is 12.9. The molecule has 5 saturated carbocycles. The number of hydrogen-bond donors (Lipinski definition) is 4. The predicted octanol–water partition coefficient (Wildman–Crippen LogP) is 3.64. The summed E-state index contributed by atoms with van der Waals surface area (Å²) in [6, 6.07) is 0.419. The van der Waals surface area contributed by atoms with Crippen LogP contribution in [0.3, 0.4) is 0 Å². The molecule has 5 heteroatoms. The van der Waals surface area contributed by atoms with Crippen molar-refractivity contribution in [2.75, 3.05) is 0 Å². The van der Waals surface area contributed by atoms with Crippen LogP contribution in [-0.2, 0) is 4.79 Å². The molecule has 1 amide bonds. The van der Waals surface area contributed by atoms with E-state index < -0.39 is 0 Å². The van der Waals surface area contributed by atoms with Crippen molar-refractivity contribution in [3.8, 4) is 0 Å². The highest BCUT2D eigenvalue weighted by Crippen LogP contribution is 2.68. The Morgan fingerprint density at radius 2 is 1.75 bits per heavy atom. The first kappa shape index (κ1) is 23.1. The van der Waals surface area contributed by atoms with Crippen LogP contribution < -0.4 is 5.32 Å². The molecule has 5 aliphatic carbocycles. The van der Waals surface area contributed by atoms with Gasteiger partial charge in [0.15, 0.2) is 0 Å². The van der Waals surface area contributed by atoms with E-state index in [-0.39, 0.29) is 41.0 Å². The van der Waals surface area contributed by atoms with Crippen LogP contribution in [0.25, 0.3) is 0 Å². The van der Waals surface area contributed by atoms with E-state index in [0.717, 1.165) is 64.2 Å². The van der Waals surface area contributed by atoms with E-state index >= 15 is 0 Å². The van der Waals surface area contributed by atoms with E-state index in [1.807, 2.05) is 0 Å². The van der Waals surface area contributed by atoms with Crippen molar-refractivity contribution in [1.82, 2.24) is 5.32 Å². The van der Waals surface area contributed by atoms with Gasteiger partial charge in [0.2, 0.25) is 5.91 Å². The van der Waals surface area contributed by atoms with Gasteiger partial charge in [-0.05, 0) is 111 Å². The molecule has 0 unspecified atom stereocenters. The van der Waals surface area contributed by atoms with Crippen LogP contribution in [0.15, 0.2) is 0 Å². The molecule has 4 N–H and O–H groups in total. The summed E-state index contributed by atoms with van der Waals surface area (Å²) in [5.74, 6) is 2.30. The van der Waals surface area contributed by atoms with Gasteiger partial charge < -0.3 is 20.6 Å². The maximum absolute atomic E-state index is 12.3. The molecule has 32 heavy (non-hydrogen) atoms. The van der Waals surface area contributed by atoms with Gasteiger partial charge in [-0.25, -0.2) is 0 Å². The van der Waals surface area contributed by atoms with Crippen LogP contribution in [0.5, 0.6) is 0 Å². The topological polar surface area (TPSA) is 89.8 Å². The lowest BCUT2D eigenvalue weighted by atomic mass is 9.43. The summed E-state index contributed by atoms with van der Waals surface area (Å²) in [7, 11) is 0. The van der Waals surface area contributed by atoms with Gasteiger partial charge in [-0.2, -0.15) is 0 Å². The first-order valence-corrected chi connectivity index (χ1v) is 13.5. The van der Waals surface area contributed by atoms with Gasteiger partial charge >= 0.3 is 0 Å². The Morgan fingerprint density at radius 3 is 2.47 bits per heavy atom. The van der Waals surface area contributed by atoms with Gasteiger partial charge in [0.25, 0.3) is 0 Å². The molecule has 0 spiro atoms. The van der Waals surface area contributed by atoms with E-state index in [1.54, 1.807) is 0 Å². The fourth-order valence-corrected chi connectivity index (χ4v) is 9.22. The molecule has 0 heterocycles. The fourth-order valence-electron chi connectivity index (χ4n) is 9.22. The Labute approximate surface area is 193 Å².